The van der Waals surface area contributed by atoms with E-state index in [-0.39, 0.29) is 18.2 Å². The molecule has 0 bridgehead atoms. The molecule has 0 saturated heterocycles. The van der Waals surface area contributed by atoms with Crippen molar-refractivity contribution in [2.75, 3.05) is 0 Å². The standard InChI is InChI=1S/C2Cl3N2S2.ClH/c3-2(4,5)1-6-8-9-7-1;/h;1H/q+1;/p-1. The van der Waals surface area contributed by atoms with Crippen LogP contribution in [-0.4, -0.2) is 8.75 Å². The minimum atomic E-state index is -1.46. The van der Waals surface area contributed by atoms with E-state index >= 15 is 0 Å². The first kappa shape index (κ1) is 11.1. The molecule has 1 aromatic rings. The molecule has 1 aromatic heterocycles. The summed E-state index contributed by atoms with van der Waals surface area (Å²) in [5.41, 5.74) is 0. The average Bonchev–Trinajstić information content (AvgIpc) is 2.08. The van der Waals surface area contributed by atoms with Gasteiger partial charge in [-0.05, 0) is 0 Å². The molecule has 2 nitrogen and oxygen atoms in total. The van der Waals surface area contributed by atoms with Crippen LogP contribution in [-0.2, 0) is 3.79 Å². The Hall–Kier alpha value is 1.07. The van der Waals surface area contributed by atoms with Crippen LogP contribution in [0.3, 0.4) is 0 Å². The van der Waals surface area contributed by atoms with Gasteiger partial charge in [0.2, 0.25) is 0 Å². The third-order valence-electron chi connectivity index (χ3n) is 0.534. The molecule has 0 N–H and O–H groups in total. The Labute approximate surface area is 86.3 Å². The zero-order valence-corrected chi connectivity index (χ0v) is 8.88. The maximum Gasteiger partial charge on any atom is 0.462 e. The molecule has 0 amide bonds. The monoisotopic (exact) mass is 256 g/mol. The summed E-state index contributed by atoms with van der Waals surface area (Å²) in [5.74, 6) is 0.252. The highest BCUT2D eigenvalue weighted by molar-refractivity contribution is 7.64. The second-order valence-corrected chi connectivity index (χ2v) is 4.99. The van der Waals surface area contributed by atoms with Gasteiger partial charge < -0.3 is 12.4 Å². The lowest BCUT2D eigenvalue weighted by molar-refractivity contribution is -0.00000165. The highest BCUT2D eigenvalue weighted by Gasteiger charge is 2.31. The van der Waals surface area contributed by atoms with Crippen molar-refractivity contribution >= 4 is 55.9 Å². The molecule has 0 fully saturated rings. The minimum Gasteiger partial charge on any atom is -1.00 e. The maximum absolute atomic E-state index is 5.42. The van der Waals surface area contributed by atoms with Crippen LogP contribution in [0.15, 0.2) is 0 Å². The summed E-state index contributed by atoms with van der Waals surface area (Å²) in [6.45, 7) is 0. The van der Waals surface area contributed by atoms with Crippen LogP contribution >= 0.6 is 55.9 Å². The van der Waals surface area contributed by atoms with Gasteiger partial charge in [-0.2, -0.15) is 0 Å². The molecule has 0 aliphatic rings. The molecule has 8 heteroatoms. The summed E-state index contributed by atoms with van der Waals surface area (Å²) in [7, 11) is 2.39. The Morgan fingerprint density at radius 2 is 2.00 bits per heavy atom. The number of hydrogen-bond acceptors (Lipinski definition) is 3. The van der Waals surface area contributed by atoms with Crippen molar-refractivity contribution in [3.05, 3.63) is 5.82 Å². The molecule has 0 aromatic carbocycles. The average molecular weight is 258 g/mol. The fourth-order valence-electron chi connectivity index (χ4n) is 0.224. The number of halogens is 4. The zero-order valence-electron chi connectivity index (χ0n) is 4.22. The van der Waals surface area contributed by atoms with Gasteiger partial charge in [-0.1, -0.05) is 34.8 Å². The van der Waals surface area contributed by atoms with E-state index in [1.54, 1.807) is 0 Å². The predicted octanol–water partition coefficient (Wildman–Crippen LogP) is -0.289. The van der Waals surface area contributed by atoms with Gasteiger partial charge >= 0.3 is 21.1 Å². The van der Waals surface area contributed by atoms with Crippen LogP contribution in [0.5, 0.6) is 0 Å². The third kappa shape index (κ3) is 2.98. The van der Waals surface area contributed by atoms with Gasteiger partial charge in [0.1, 0.15) is 0 Å². The van der Waals surface area contributed by atoms with Crippen molar-refractivity contribution in [1.82, 2.24) is 8.75 Å². The fraction of sp³-hybridized carbons (Fsp3) is 0.500. The van der Waals surface area contributed by atoms with Crippen LogP contribution in [0.25, 0.3) is 0 Å². The van der Waals surface area contributed by atoms with E-state index in [0.29, 0.717) is 0 Å². The quantitative estimate of drug-likeness (QED) is 0.363. The number of hydrogen-bond donors (Lipinski definition) is 0. The molecule has 0 aliphatic carbocycles. The Bertz CT molecular complexity index is 182. The topological polar surface area (TPSA) is 25.8 Å². The van der Waals surface area contributed by atoms with Crippen molar-refractivity contribution in [2.45, 2.75) is 3.79 Å². The summed E-state index contributed by atoms with van der Waals surface area (Å²) in [5, 5.41) is 0. The fourth-order valence-corrected chi connectivity index (χ4v) is 2.02. The summed E-state index contributed by atoms with van der Waals surface area (Å²) in [6, 6.07) is 0. The number of nitrogens with zero attached hydrogens (tertiary/aromatic N) is 2. The van der Waals surface area contributed by atoms with E-state index in [2.05, 4.69) is 8.75 Å². The van der Waals surface area contributed by atoms with Crippen molar-refractivity contribution in [3.63, 3.8) is 0 Å². The van der Waals surface area contributed by atoms with Crippen LogP contribution in [0.2, 0.25) is 0 Å². The minimum absolute atomic E-state index is 0. The van der Waals surface area contributed by atoms with Gasteiger partial charge in [0.05, 0.1) is 4.37 Å². The molecule has 0 saturated carbocycles. The lowest BCUT2D eigenvalue weighted by Gasteiger charge is -1.99. The Morgan fingerprint density at radius 3 is 2.20 bits per heavy atom. The number of alkyl halides is 3. The van der Waals surface area contributed by atoms with Gasteiger partial charge in [-0.25, -0.2) is 0 Å². The molecule has 58 valence electrons. The van der Waals surface area contributed by atoms with E-state index in [4.69, 9.17) is 34.8 Å². The molecule has 0 aliphatic heterocycles. The van der Waals surface area contributed by atoms with E-state index in [1.165, 1.54) is 21.1 Å². The van der Waals surface area contributed by atoms with Crippen molar-refractivity contribution in [3.8, 4) is 0 Å². The smallest absolute Gasteiger partial charge is 0.462 e. The van der Waals surface area contributed by atoms with Crippen molar-refractivity contribution < 1.29 is 12.4 Å². The normalized spacial score (nSPS) is 10.7. The summed E-state index contributed by atoms with van der Waals surface area (Å²) in [6.07, 6.45) is 0. The molecule has 0 unspecified atom stereocenters. The third-order valence-corrected chi connectivity index (χ3v) is 2.25. The first-order valence-electron chi connectivity index (χ1n) is 1.80. The lowest BCUT2D eigenvalue weighted by Crippen LogP contribution is -3.00. The van der Waals surface area contributed by atoms with Crippen molar-refractivity contribution in [1.29, 1.82) is 0 Å². The second kappa shape index (κ2) is 4.18. The molecule has 1 rings (SSSR count). The number of aromatic nitrogens is 2. The van der Waals surface area contributed by atoms with Gasteiger partial charge in [-0.3, -0.25) is 0 Å². The zero-order chi connectivity index (χ0) is 6.91. The predicted molar refractivity (Wildman–Crippen MR) is 41.4 cm³/mol. The Kier molecular flexibility index (Phi) is 4.63. The lowest BCUT2D eigenvalue weighted by atomic mass is 10.7. The van der Waals surface area contributed by atoms with Gasteiger partial charge in [0.25, 0.3) is 9.62 Å². The van der Waals surface area contributed by atoms with Crippen LogP contribution < -0.4 is 12.4 Å². The molecule has 0 spiro atoms. The second-order valence-electron chi connectivity index (χ2n) is 1.15. The first-order chi connectivity index (χ1) is 4.11. The Morgan fingerprint density at radius 1 is 1.40 bits per heavy atom. The largest absolute Gasteiger partial charge is 1.00 e. The van der Waals surface area contributed by atoms with Gasteiger partial charge in [-0.15, -0.1) is 4.37 Å². The SMILES string of the molecule is ClC(Cl)(Cl)c1ns[s+]n1.[Cl-]. The molecular formula is C2Cl4N2S2. The highest BCUT2D eigenvalue weighted by Crippen LogP contribution is 2.36. The van der Waals surface area contributed by atoms with Crippen LogP contribution in [0.1, 0.15) is 5.82 Å². The maximum atomic E-state index is 5.42. The van der Waals surface area contributed by atoms with E-state index in [0.717, 1.165) is 0 Å². The van der Waals surface area contributed by atoms with Crippen molar-refractivity contribution in [2.24, 2.45) is 0 Å². The Balaban J connectivity index is 0.000000810. The van der Waals surface area contributed by atoms with E-state index in [1.807, 2.05) is 0 Å². The molecule has 1 heterocycles. The summed E-state index contributed by atoms with van der Waals surface area (Å²) in [4.78, 5) is 0. The van der Waals surface area contributed by atoms with Crippen LogP contribution in [0.4, 0.5) is 0 Å². The molecule has 0 radical (unpaired) electrons. The molecule has 10 heavy (non-hydrogen) atoms. The summed E-state index contributed by atoms with van der Waals surface area (Å²) < 4.78 is 6.02. The van der Waals surface area contributed by atoms with Gasteiger partial charge in [0.15, 0.2) is 0 Å². The number of rotatable bonds is 0. The molecular weight excluding hydrogens is 258 g/mol. The van der Waals surface area contributed by atoms with Crippen LogP contribution in [0, 0.1) is 0 Å². The highest BCUT2D eigenvalue weighted by atomic mass is 35.6. The van der Waals surface area contributed by atoms with E-state index in [9.17, 15) is 0 Å². The van der Waals surface area contributed by atoms with E-state index < -0.39 is 3.79 Å². The first-order valence-corrected chi connectivity index (χ1v) is 4.99. The summed E-state index contributed by atoms with van der Waals surface area (Å²) >= 11 is 16.3. The van der Waals surface area contributed by atoms with Gasteiger partial charge in [0, 0.05) is 0 Å². The molecule has 0 atom stereocenters.